The van der Waals surface area contributed by atoms with Crippen LogP contribution in [-0.2, 0) is 9.53 Å². The van der Waals surface area contributed by atoms with Gasteiger partial charge in [-0.25, -0.2) is 4.79 Å². The monoisotopic (exact) mass is 359 g/mol. The van der Waals surface area contributed by atoms with E-state index in [-0.39, 0.29) is 18.0 Å². The molecule has 0 bridgehead atoms. The van der Waals surface area contributed by atoms with Gasteiger partial charge in [0.15, 0.2) is 17.3 Å². The second-order valence-corrected chi connectivity index (χ2v) is 5.90. The predicted molar refractivity (Wildman–Crippen MR) is 89.0 cm³/mol. The lowest BCUT2D eigenvalue weighted by Gasteiger charge is -2.27. The molecular formula is C17H17N3O6. The number of carbonyl (C=O) groups is 2. The molecule has 0 unspecified atom stereocenters. The molecule has 2 aliphatic heterocycles. The van der Waals surface area contributed by atoms with E-state index in [0.717, 1.165) is 0 Å². The van der Waals surface area contributed by atoms with Gasteiger partial charge in [-0.2, -0.15) is 5.10 Å². The highest BCUT2D eigenvalue weighted by Gasteiger charge is 2.36. The van der Waals surface area contributed by atoms with Crippen molar-refractivity contribution in [2.75, 3.05) is 32.8 Å². The van der Waals surface area contributed by atoms with Crippen LogP contribution in [-0.4, -0.2) is 49.5 Å². The second kappa shape index (κ2) is 6.25. The molecule has 136 valence electrons. The maximum absolute atomic E-state index is 12.2. The van der Waals surface area contributed by atoms with Crippen molar-refractivity contribution in [3.05, 3.63) is 29.0 Å². The molecule has 2 aliphatic rings. The molecule has 0 fully saturated rings. The fraction of sp³-hybridized carbons (Fsp3) is 0.353. The highest BCUT2D eigenvalue weighted by atomic mass is 16.6. The van der Waals surface area contributed by atoms with E-state index in [4.69, 9.17) is 18.9 Å². The molecule has 0 aliphatic carbocycles. The van der Waals surface area contributed by atoms with Gasteiger partial charge in [0.05, 0.1) is 14.2 Å². The van der Waals surface area contributed by atoms with Gasteiger partial charge in [0.2, 0.25) is 5.91 Å². The summed E-state index contributed by atoms with van der Waals surface area (Å²) in [6.07, 6.45) is 0.131. The first kappa shape index (κ1) is 16.2. The number of hydrogen-bond donors (Lipinski definition) is 2. The molecule has 1 amide bonds. The molecule has 0 radical (unpaired) electrons. The van der Waals surface area contributed by atoms with Gasteiger partial charge in [0, 0.05) is 29.5 Å². The summed E-state index contributed by atoms with van der Waals surface area (Å²) in [6.45, 7) is 0.897. The van der Waals surface area contributed by atoms with Crippen LogP contribution >= 0.6 is 0 Å². The van der Waals surface area contributed by atoms with E-state index in [1.807, 2.05) is 0 Å². The molecule has 1 aromatic carbocycles. The van der Waals surface area contributed by atoms with Gasteiger partial charge < -0.3 is 24.3 Å². The third kappa shape index (κ3) is 2.52. The van der Waals surface area contributed by atoms with Gasteiger partial charge >= 0.3 is 5.97 Å². The van der Waals surface area contributed by atoms with Crippen LogP contribution in [0.2, 0.25) is 0 Å². The molecule has 0 saturated carbocycles. The minimum atomic E-state index is -0.559. The molecule has 9 heteroatoms. The highest BCUT2D eigenvalue weighted by molar-refractivity contribution is 5.99. The van der Waals surface area contributed by atoms with E-state index in [9.17, 15) is 9.59 Å². The molecule has 1 atom stereocenters. The van der Waals surface area contributed by atoms with E-state index in [0.29, 0.717) is 47.4 Å². The van der Waals surface area contributed by atoms with Gasteiger partial charge in [-0.15, -0.1) is 0 Å². The highest BCUT2D eigenvalue weighted by Crippen LogP contribution is 2.46. The van der Waals surface area contributed by atoms with Gasteiger partial charge in [-0.1, -0.05) is 0 Å². The van der Waals surface area contributed by atoms with Crippen LogP contribution in [0.15, 0.2) is 12.1 Å². The summed E-state index contributed by atoms with van der Waals surface area (Å²) < 4.78 is 21.6. The Hall–Kier alpha value is -3.23. The Morgan fingerprint density at radius 2 is 1.96 bits per heavy atom. The SMILES string of the molecule is COC(=O)c1[nH]nc2c1[C@H](c1cc3c(cc1OC)OCCO3)CC(=O)N2. The van der Waals surface area contributed by atoms with E-state index >= 15 is 0 Å². The largest absolute Gasteiger partial charge is 0.496 e. The number of fused-ring (bicyclic) bond motifs is 2. The van der Waals surface area contributed by atoms with Crippen molar-refractivity contribution in [3.8, 4) is 17.2 Å². The number of amides is 1. The summed E-state index contributed by atoms with van der Waals surface area (Å²) >= 11 is 0. The Balaban J connectivity index is 1.87. The third-order valence-corrected chi connectivity index (χ3v) is 4.46. The first-order valence-electron chi connectivity index (χ1n) is 8.06. The number of rotatable bonds is 3. The Bertz CT molecular complexity index is 891. The lowest BCUT2D eigenvalue weighted by molar-refractivity contribution is -0.116. The normalized spacial score (nSPS) is 17.9. The number of ether oxygens (including phenoxy) is 4. The molecule has 2 aromatic rings. The molecule has 2 N–H and O–H groups in total. The number of benzene rings is 1. The lowest BCUT2D eigenvalue weighted by atomic mass is 9.84. The van der Waals surface area contributed by atoms with Crippen LogP contribution in [0.25, 0.3) is 0 Å². The number of esters is 1. The molecule has 0 saturated heterocycles. The average molecular weight is 359 g/mol. The summed E-state index contributed by atoms with van der Waals surface area (Å²) in [5, 5.41) is 9.36. The van der Waals surface area contributed by atoms with E-state index in [2.05, 4.69) is 15.5 Å². The van der Waals surface area contributed by atoms with Gasteiger partial charge in [0.1, 0.15) is 24.7 Å². The van der Waals surface area contributed by atoms with E-state index in [1.165, 1.54) is 14.2 Å². The Labute approximate surface area is 148 Å². The molecule has 3 heterocycles. The molecule has 1 aromatic heterocycles. The van der Waals surface area contributed by atoms with Crippen molar-refractivity contribution in [2.45, 2.75) is 12.3 Å². The number of hydrogen-bond acceptors (Lipinski definition) is 7. The summed E-state index contributed by atoms with van der Waals surface area (Å²) in [4.78, 5) is 24.3. The van der Waals surface area contributed by atoms with Crippen LogP contribution in [0.3, 0.4) is 0 Å². The van der Waals surface area contributed by atoms with Crippen molar-refractivity contribution in [2.24, 2.45) is 0 Å². The average Bonchev–Trinajstić information content (AvgIpc) is 3.09. The van der Waals surface area contributed by atoms with Gasteiger partial charge in [0.25, 0.3) is 0 Å². The quantitative estimate of drug-likeness (QED) is 0.798. The van der Waals surface area contributed by atoms with Crippen molar-refractivity contribution >= 4 is 17.7 Å². The summed E-state index contributed by atoms with van der Waals surface area (Å²) in [7, 11) is 2.83. The number of carbonyl (C=O) groups excluding carboxylic acids is 2. The van der Waals surface area contributed by atoms with Crippen LogP contribution in [0.1, 0.15) is 34.0 Å². The molecule has 9 nitrogen and oxygen atoms in total. The lowest BCUT2D eigenvalue weighted by Crippen LogP contribution is -2.25. The number of H-pyrrole nitrogens is 1. The smallest absolute Gasteiger partial charge is 0.356 e. The Morgan fingerprint density at radius 3 is 2.65 bits per heavy atom. The fourth-order valence-corrected chi connectivity index (χ4v) is 3.31. The second-order valence-electron chi connectivity index (χ2n) is 5.90. The van der Waals surface area contributed by atoms with E-state index in [1.54, 1.807) is 12.1 Å². The van der Waals surface area contributed by atoms with Crippen LogP contribution in [0.4, 0.5) is 5.82 Å². The number of nitrogens with zero attached hydrogens (tertiary/aromatic N) is 1. The Kier molecular flexibility index (Phi) is 3.90. The molecule has 26 heavy (non-hydrogen) atoms. The predicted octanol–water partition coefficient (Wildman–Crippen LogP) is 1.45. The fourth-order valence-electron chi connectivity index (χ4n) is 3.31. The topological polar surface area (TPSA) is 112 Å². The van der Waals surface area contributed by atoms with Crippen molar-refractivity contribution < 1.29 is 28.5 Å². The zero-order valence-electron chi connectivity index (χ0n) is 14.3. The standard InChI is InChI=1S/C17H17N3O6/c1-23-10-7-12-11(25-3-4-26-12)5-8(10)9-6-13(21)18-16-14(9)15(19-20-16)17(22)24-2/h5,7,9H,3-4,6H2,1-2H3,(H2,18,19,20,21)/t9-/m0/s1. The molecular weight excluding hydrogens is 342 g/mol. The number of anilines is 1. The van der Waals surface area contributed by atoms with Crippen molar-refractivity contribution in [1.29, 1.82) is 0 Å². The minimum absolute atomic E-state index is 0.131. The molecule has 0 spiro atoms. The Morgan fingerprint density at radius 1 is 1.23 bits per heavy atom. The number of nitrogens with one attached hydrogen (secondary N) is 2. The minimum Gasteiger partial charge on any atom is -0.496 e. The zero-order chi connectivity index (χ0) is 18.3. The number of methoxy groups -OCH3 is 2. The third-order valence-electron chi connectivity index (χ3n) is 4.46. The van der Waals surface area contributed by atoms with Crippen molar-refractivity contribution in [1.82, 2.24) is 10.2 Å². The maximum Gasteiger partial charge on any atom is 0.356 e. The van der Waals surface area contributed by atoms with Gasteiger partial charge in [-0.05, 0) is 6.07 Å². The van der Waals surface area contributed by atoms with Crippen molar-refractivity contribution in [3.63, 3.8) is 0 Å². The van der Waals surface area contributed by atoms with Crippen LogP contribution in [0, 0.1) is 0 Å². The van der Waals surface area contributed by atoms with Crippen LogP contribution < -0.4 is 19.5 Å². The van der Waals surface area contributed by atoms with Crippen LogP contribution in [0.5, 0.6) is 17.2 Å². The van der Waals surface area contributed by atoms with Gasteiger partial charge in [-0.3, -0.25) is 9.89 Å². The maximum atomic E-state index is 12.2. The number of aromatic amines is 1. The number of aromatic nitrogens is 2. The summed E-state index contributed by atoms with van der Waals surface area (Å²) in [5.74, 6) is 0.789. The first-order valence-corrected chi connectivity index (χ1v) is 8.06. The van der Waals surface area contributed by atoms with E-state index < -0.39 is 11.9 Å². The summed E-state index contributed by atoms with van der Waals surface area (Å²) in [5.41, 5.74) is 1.47. The first-order chi connectivity index (χ1) is 12.6. The molecule has 4 rings (SSSR count). The summed E-state index contributed by atoms with van der Waals surface area (Å²) in [6, 6.07) is 3.52. The zero-order valence-corrected chi connectivity index (χ0v) is 14.3.